The molecule has 0 bridgehead atoms. The van der Waals surface area contributed by atoms with E-state index in [0.717, 1.165) is 44.7 Å². The predicted molar refractivity (Wildman–Crippen MR) is 68.2 cm³/mol. The van der Waals surface area contributed by atoms with Crippen LogP contribution < -0.4 is 9.64 Å². The molecular weight excluding hydrogens is 212 g/mol. The number of hydrogen-bond donors (Lipinski definition) is 0. The van der Waals surface area contributed by atoms with Gasteiger partial charge in [-0.1, -0.05) is 12.1 Å². The van der Waals surface area contributed by atoms with E-state index in [1.165, 1.54) is 5.69 Å². The van der Waals surface area contributed by atoms with Gasteiger partial charge in [0.1, 0.15) is 5.75 Å². The van der Waals surface area contributed by atoms with Crippen LogP contribution >= 0.6 is 0 Å². The molecule has 1 aromatic carbocycles. The molecule has 0 amide bonds. The second-order valence-corrected chi connectivity index (χ2v) is 4.27. The number of unbranched alkanes of at least 4 members (excludes halogenated alkanes) is 2. The van der Waals surface area contributed by atoms with Crippen molar-refractivity contribution >= 4 is 5.69 Å². The van der Waals surface area contributed by atoms with Gasteiger partial charge in [-0.05, 0) is 31.4 Å². The molecule has 3 heteroatoms. The summed E-state index contributed by atoms with van der Waals surface area (Å²) in [6.45, 7) is 2.86. The first-order valence-corrected chi connectivity index (χ1v) is 6.25. The fourth-order valence-corrected chi connectivity index (χ4v) is 2.14. The molecule has 0 aliphatic carbocycles. The van der Waals surface area contributed by atoms with Crippen molar-refractivity contribution in [2.75, 3.05) is 24.6 Å². The third-order valence-electron chi connectivity index (χ3n) is 3.00. The Morgan fingerprint density at radius 1 is 1.29 bits per heavy atom. The first-order chi connectivity index (χ1) is 8.42. The summed E-state index contributed by atoms with van der Waals surface area (Å²) in [6, 6.07) is 10.4. The summed E-state index contributed by atoms with van der Waals surface area (Å²) in [7, 11) is 0. The molecule has 2 rings (SSSR count). The van der Waals surface area contributed by atoms with E-state index in [2.05, 4.69) is 23.1 Å². The lowest BCUT2D eigenvalue weighted by Crippen LogP contribution is -2.24. The number of para-hydroxylation sites is 2. The summed E-state index contributed by atoms with van der Waals surface area (Å²) >= 11 is 0. The standard InChI is InChI=1S/C14H18N2O/c15-9-4-1-5-10-16-11-6-12-17-14-8-3-2-7-13(14)16/h2-3,7-8H,1,4-6,10-12H2. The fourth-order valence-electron chi connectivity index (χ4n) is 2.14. The van der Waals surface area contributed by atoms with Crippen molar-refractivity contribution in [1.82, 2.24) is 0 Å². The highest BCUT2D eigenvalue weighted by Crippen LogP contribution is 2.30. The molecule has 0 fully saturated rings. The zero-order valence-corrected chi connectivity index (χ0v) is 10.1. The lowest BCUT2D eigenvalue weighted by Gasteiger charge is -2.23. The monoisotopic (exact) mass is 230 g/mol. The van der Waals surface area contributed by atoms with Crippen LogP contribution in [0.3, 0.4) is 0 Å². The van der Waals surface area contributed by atoms with Gasteiger partial charge in [0.05, 0.1) is 18.4 Å². The smallest absolute Gasteiger partial charge is 0.142 e. The van der Waals surface area contributed by atoms with E-state index in [-0.39, 0.29) is 0 Å². The Balaban J connectivity index is 1.99. The molecule has 0 N–H and O–H groups in total. The summed E-state index contributed by atoms with van der Waals surface area (Å²) in [5, 5.41) is 8.52. The second-order valence-electron chi connectivity index (χ2n) is 4.27. The van der Waals surface area contributed by atoms with Crippen LogP contribution in [-0.4, -0.2) is 19.7 Å². The van der Waals surface area contributed by atoms with Crippen LogP contribution in [0.25, 0.3) is 0 Å². The van der Waals surface area contributed by atoms with Crippen molar-refractivity contribution in [1.29, 1.82) is 5.26 Å². The Labute approximate surface area is 103 Å². The molecule has 1 heterocycles. The third-order valence-corrected chi connectivity index (χ3v) is 3.00. The quantitative estimate of drug-likeness (QED) is 0.746. The molecule has 3 nitrogen and oxygen atoms in total. The first kappa shape index (κ1) is 11.8. The maximum Gasteiger partial charge on any atom is 0.142 e. The number of nitriles is 1. The van der Waals surface area contributed by atoms with Crippen LogP contribution in [0.15, 0.2) is 24.3 Å². The van der Waals surface area contributed by atoms with E-state index in [1.807, 2.05) is 12.1 Å². The van der Waals surface area contributed by atoms with Gasteiger partial charge in [0.2, 0.25) is 0 Å². The largest absolute Gasteiger partial charge is 0.491 e. The van der Waals surface area contributed by atoms with Crippen LogP contribution in [0.1, 0.15) is 25.7 Å². The van der Waals surface area contributed by atoms with Crippen molar-refractivity contribution in [3.63, 3.8) is 0 Å². The Kier molecular flexibility index (Phi) is 4.26. The highest BCUT2D eigenvalue weighted by molar-refractivity contribution is 5.58. The molecule has 0 atom stereocenters. The Morgan fingerprint density at radius 2 is 2.18 bits per heavy atom. The number of benzene rings is 1. The van der Waals surface area contributed by atoms with E-state index in [4.69, 9.17) is 10.00 Å². The Morgan fingerprint density at radius 3 is 3.06 bits per heavy atom. The van der Waals surface area contributed by atoms with E-state index < -0.39 is 0 Å². The summed E-state index contributed by atoms with van der Waals surface area (Å²) in [5.41, 5.74) is 1.20. The molecule has 1 aliphatic heterocycles. The predicted octanol–water partition coefficient (Wildman–Crippen LogP) is 2.97. The number of hydrogen-bond acceptors (Lipinski definition) is 3. The molecule has 1 aromatic rings. The van der Waals surface area contributed by atoms with Gasteiger partial charge >= 0.3 is 0 Å². The molecule has 0 radical (unpaired) electrons. The highest BCUT2D eigenvalue weighted by atomic mass is 16.5. The van der Waals surface area contributed by atoms with Crippen molar-refractivity contribution in [3.05, 3.63) is 24.3 Å². The minimum atomic E-state index is 0.659. The Hall–Kier alpha value is -1.69. The topological polar surface area (TPSA) is 36.3 Å². The lowest BCUT2D eigenvalue weighted by atomic mass is 10.2. The van der Waals surface area contributed by atoms with Gasteiger partial charge < -0.3 is 9.64 Å². The van der Waals surface area contributed by atoms with Gasteiger partial charge in [-0.15, -0.1) is 0 Å². The number of nitrogens with zero attached hydrogens (tertiary/aromatic N) is 2. The molecule has 0 saturated heterocycles. The molecule has 90 valence electrons. The van der Waals surface area contributed by atoms with E-state index in [0.29, 0.717) is 6.42 Å². The molecule has 0 aromatic heterocycles. The SMILES string of the molecule is N#CCCCCN1CCCOc2ccccc21. The van der Waals surface area contributed by atoms with Crippen LogP contribution in [-0.2, 0) is 0 Å². The molecular formula is C14H18N2O. The fraction of sp³-hybridized carbons (Fsp3) is 0.500. The molecule has 1 aliphatic rings. The molecule has 0 saturated carbocycles. The maximum atomic E-state index is 8.52. The van der Waals surface area contributed by atoms with Crippen LogP contribution in [0.4, 0.5) is 5.69 Å². The molecule has 0 spiro atoms. The van der Waals surface area contributed by atoms with Gasteiger partial charge in [0.25, 0.3) is 0 Å². The van der Waals surface area contributed by atoms with Gasteiger partial charge in [0.15, 0.2) is 0 Å². The van der Waals surface area contributed by atoms with E-state index in [1.54, 1.807) is 0 Å². The van der Waals surface area contributed by atoms with Crippen molar-refractivity contribution in [2.24, 2.45) is 0 Å². The number of rotatable bonds is 4. The number of ether oxygens (including phenoxy) is 1. The van der Waals surface area contributed by atoms with E-state index in [9.17, 15) is 0 Å². The first-order valence-electron chi connectivity index (χ1n) is 6.25. The van der Waals surface area contributed by atoms with Crippen LogP contribution in [0.5, 0.6) is 5.75 Å². The summed E-state index contributed by atoms with van der Waals surface area (Å²) in [6.07, 6.45) is 3.77. The van der Waals surface area contributed by atoms with Crippen molar-refractivity contribution in [3.8, 4) is 11.8 Å². The summed E-state index contributed by atoms with van der Waals surface area (Å²) < 4.78 is 5.71. The Bertz CT molecular complexity index is 397. The molecule has 0 unspecified atom stereocenters. The average molecular weight is 230 g/mol. The molecule has 17 heavy (non-hydrogen) atoms. The third kappa shape index (κ3) is 3.13. The second kappa shape index (κ2) is 6.15. The van der Waals surface area contributed by atoms with Crippen molar-refractivity contribution in [2.45, 2.75) is 25.7 Å². The zero-order valence-electron chi connectivity index (χ0n) is 10.1. The maximum absolute atomic E-state index is 8.52. The van der Waals surface area contributed by atoms with Gasteiger partial charge in [-0.3, -0.25) is 0 Å². The van der Waals surface area contributed by atoms with Crippen LogP contribution in [0.2, 0.25) is 0 Å². The number of fused-ring (bicyclic) bond motifs is 1. The minimum Gasteiger partial charge on any atom is -0.491 e. The summed E-state index contributed by atoms with van der Waals surface area (Å²) in [4.78, 5) is 2.37. The average Bonchev–Trinajstić information content (AvgIpc) is 2.57. The van der Waals surface area contributed by atoms with Gasteiger partial charge in [0, 0.05) is 19.5 Å². The summed E-state index contributed by atoms with van der Waals surface area (Å²) in [5.74, 6) is 0.991. The highest BCUT2D eigenvalue weighted by Gasteiger charge is 2.14. The van der Waals surface area contributed by atoms with Crippen LogP contribution in [0, 0.1) is 11.3 Å². The minimum absolute atomic E-state index is 0.659. The van der Waals surface area contributed by atoms with Gasteiger partial charge in [-0.25, -0.2) is 0 Å². The van der Waals surface area contributed by atoms with Crippen molar-refractivity contribution < 1.29 is 4.74 Å². The number of anilines is 1. The van der Waals surface area contributed by atoms with Gasteiger partial charge in [-0.2, -0.15) is 5.26 Å². The normalized spacial score (nSPS) is 14.4. The zero-order chi connectivity index (χ0) is 11.9. The van der Waals surface area contributed by atoms with E-state index >= 15 is 0 Å². The lowest BCUT2D eigenvalue weighted by molar-refractivity contribution is 0.322.